The van der Waals surface area contributed by atoms with Crippen LogP contribution in [0.3, 0.4) is 0 Å². The van der Waals surface area contributed by atoms with Crippen LogP contribution in [0.15, 0.2) is 0 Å². The molecule has 8 nitrogen and oxygen atoms in total. The van der Waals surface area contributed by atoms with E-state index in [9.17, 15) is 28.5 Å². The average molecular weight is 530 g/mol. The van der Waals surface area contributed by atoms with Crippen molar-refractivity contribution < 1.29 is 33.1 Å². The van der Waals surface area contributed by atoms with Crippen molar-refractivity contribution in [3.63, 3.8) is 0 Å². The molecule has 0 aromatic carbocycles. The predicted molar refractivity (Wildman–Crippen MR) is 136 cm³/mol. The number of carbonyl (C=O) groups excluding carboxylic acids is 1. The Morgan fingerprint density at radius 3 is 2.25 bits per heavy atom. The summed E-state index contributed by atoms with van der Waals surface area (Å²) in [6.45, 7) is 8.41. The van der Waals surface area contributed by atoms with Gasteiger partial charge in [0, 0.05) is 12.5 Å². The Labute approximate surface area is 216 Å². The van der Waals surface area contributed by atoms with Crippen molar-refractivity contribution >= 4 is 16.0 Å². The lowest BCUT2D eigenvalue weighted by Crippen LogP contribution is -2.64. The quantitative estimate of drug-likeness (QED) is 0.319. The molecule has 0 aliphatic heterocycles. The lowest BCUT2D eigenvalue weighted by atomic mass is 9.43. The van der Waals surface area contributed by atoms with Crippen LogP contribution in [0.1, 0.15) is 85.5 Å². The number of nitrogens with one attached hydrogen (secondary N) is 1. The van der Waals surface area contributed by atoms with E-state index in [1.165, 1.54) is 0 Å². The Morgan fingerprint density at radius 2 is 1.58 bits per heavy atom. The molecule has 0 aromatic rings. The average Bonchev–Trinajstić information content (AvgIpc) is 3.12. The fourth-order valence-corrected chi connectivity index (χ4v) is 10.2. The largest absolute Gasteiger partial charge is 0.393 e. The number of hydrogen-bond donors (Lipinski definition) is 5. The van der Waals surface area contributed by atoms with Crippen molar-refractivity contribution in [1.29, 1.82) is 0 Å². The van der Waals surface area contributed by atoms with Gasteiger partial charge < -0.3 is 20.6 Å². The van der Waals surface area contributed by atoms with Gasteiger partial charge in [-0.1, -0.05) is 20.8 Å². The molecule has 36 heavy (non-hydrogen) atoms. The van der Waals surface area contributed by atoms with E-state index in [0.29, 0.717) is 42.9 Å². The van der Waals surface area contributed by atoms with Gasteiger partial charge in [0.2, 0.25) is 5.91 Å². The van der Waals surface area contributed by atoms with Crippen LogP contribution in [0.5, 0.6) is 0 Å². The summed E-state index contributed by atoms with van der Waals surface area (Å²) in [4.78, 5) is 12.4. The van der Waals surface area contributed by atoms with Crippen LogP contribution < -0.4 is 5.32 Å². The molecule has 9 heteroatoms. The summed E-state index contributed by atoms with van der Waals surface area (Å²) in [5, 5.41) is 35.5. The lowest BCUT2D eigenvalue weighted by Gasteiger charge is -2.63. The summed E-state index contributed by atoms with van der Waals surface area (Å²) in [7, 11) is -4.13. The highest BCUT2D eigenvalue weighted by atomic mass is 32.2. The molecule has 4 aliphatic rings. The third kappa shape index (κ3) is 5.12. The smallest absolute Gasteiger partial charge is 0.266 e. The second-order valence-electron chi connectivity index (χ2n) is 13.3. The molecule has 0 bridgehead atoms. The summed E-state index contributed by atoms with van der Waals surface area (Å²) in [5.41, 5.74) is -0.00218. The van der Waals surface area contributed by atoms with Crippen molar-refractivity contribution in [3.8, 4) is 0 Å². The molecule has 0 heterocycles. The molecule has 4 saturated carbocycles. The van der Waals surface area contributed by atoms with Crippen LogP contribution in [0, 0.1) is 46.3 Å². The molecule has 6 unspecified atom stereocenters. The number of carbonyl (C=O) groups is 1. The molecule has 0 aromatic heterocycles. The zero-order chi connectivity index (χ0) is 26.6. The Balaban J connectivity index is 1.42. The van der Waals surface area contributed by atoms with Crippen LogP contribution >= 0.6 is 0 Å². The van der Waals surface area contributed by atoms with E-state index in [4.69, 9.17) is 4.55 Å². The fourth-order valence-electron chi connectivity index (χ4n) is 9.48. The maximum Gasteiger partial charge on any atom is 0.266 e. The highest BCUT2D eigenvalue weighted by Gasteiger charge is 2.65. The molecular weight excluding hydrogens is 482 g/mol. The fraction of sp³-hybridized carbons (Fsp3) is 0.963. The van der Waals surface area contributed by atoms with Gasteiger partial charge in [-0.2, -0.15) is 8.42 Å². The van der Waals surface area contributed by atoms with Crippen LogP contribution in [-0.4, -0.2) is 64.3 Å². The van der Waals surface area contributed by atoms with Crippen LogP contribution in [-0.2, 0) is 14.9 Å². The third-order valence-corrected chi connectivity index (χ3v) is 12.1. The van der Waals surface area contributed by atoms with Gasteiger partial charge in [-0.15, -0.1) is 0 Å². The van der Waals surface area contributed by atoms with Crippen molar-refractivity contribution in [2.75, 3.05) is 5.75 Å². The van der Waals surface area contributed by atoms with Crippen LogP contribution in [0.25, 0.3) is 0 Å². The molecular formula is C27H47NO7S. The van der Waals surface area contributed by atoms with Gasteiger partial charge in [-0.05, 0) is 105 Å². The molecule has 4 fully saturated rings. The van der Waals surface area contributed by atoms with Gasteiger partial charge in [0.25, 0.3) is 10.1 Å². The van der Waals surface area contributed by atoms with Crippen LogP contribution in [0.2, 0.25) is 0 Å². The molecule has 4 rings (SSSR count). The Bertz CT molecular complexity index is 927. The van der Waals surface area contributed by atoms with Gasteiger partial charge in [-0.25, -0.2) is 0 Å². The van der Waals surface area contributed by atoms with E-state index < -0.39 is 34.1 Å². The minimum atomic E-state index is -4.13. The first-order valence-electron chi connectivity index (χ1n) is 14.0. The summed E-state index contributed by atoms with van der Waals surface area (Å²) in [6.07, 6.45) is 5.50. The minimum absolute atomic E-state index is 0.0490. The first kappa shape index (κ1) is 28.3. The van der Waals surface area contributed by atoms with E-state index >= 15 is 0 Å². The summed E-state index contributed by atoms with van der Waals surface area (Å²) in [6, 6.07) is -0.642. The van der Waals surface area contributed by atoms with Crippen molar-refractivity contribution in [3.05, 3.63) is 0 Å². The number of aliphatic hydroxyl groups is 3. The Morgan fingerprint density at radius 1 is 0.944 bits per heavy atom. The van der Waals surface area contributed by atoms with Gasteiger partial charge in [0.1, 0.15) is 0 Å². The molecule has 1 amide bonds. The van der Waals surface area contributed by atoms with E-state index in [1.54, 1.807) is 6.92 Å². The molecule has 12 atom stereocenters. The Hall–Kier alpha value is -0.740. The first-order valence-corrected chi connectivity index (χ1v) is 15.6. The standard InChI is InChI=1S/C27H47NO7S/c1-15(5-8-22(30)28-16(2)14-36(33,34)35)18-6-7-19-23-20(10-12-26(18,19)3)27(4)11-9-17(29)13-21(27)24(31)25(23)32/h15-21,23-25,29,31-32H,5-14H2,1-4H3,(H,28,30)(H,33,34,35)/t15?,16?,17-,18-,19?,20?,21?,23?,24-,25+,26-,27-/m1/s1. The maximum atomic E-state index is 12.4. The van der Waals surface area contributed by atoms with Crippen molar-refractivity contribution in [2.45, 2.75) is 110 Å². The SMILES string of the molecule is CC(CS(=O)(=O)O)NC(=O)CCC(C)[C@H]1CCC2C3C(CC[C@@]21C)[C@@]1(C)CC[C@@H](O)CC1[C@@H](O)[C@H]3O. The zero-order valence-corrected chi connectivity index (χ0v) is 23.1. The molecule has 5 N–H and O–H groups in total. The van der Waals surface area contributed by atoms with Gasteiger partial charge in [-0.3, -0.25) is 9.35 Å². The Kier molecular flexibility index (Phi) is 7.93. The zero-order valence-electron chi connectivity index (χ0n) is 22.3. The minimum Gasteiger partial charge on any atom is -0.393 e. The van der Waals surface area contributed by atoms with Gasteiger partial charge >= 0.3 is 0 Å². The van der Waals surface area contributed by atoms with Crippen LogP contribution in [0.4, 0.5) is 0 Å². The van der Waals surface area contributed by atoms with E-state index in [-0.39, 0.29) is 34.7 Å². The third-order valence-electron chi connectivity index (χ3n) is 11.2. The number of amides is 1. The molecule has 0 radical (unpaired) electrons. The van der Waals surface area contributed by atoms with E-state index in [0.717, 1.165) is 38.5 Å². The first-order chi connectivity index (χ1) is 16.7. The van der Waals surface area contributed by atoms with Crippen molar-refractivity contribution in [1.82, 2.24) is 5.32 Å². The summed E-state index contributed by atoms with van der Waals surface area (Å²) in [5.74, 6) is 0.735. The number of hydrogen-bond acceptors (Lipinski definition) is 6. The normalized spacial score (nSPS) is 46.2. The topological polar surface area (TPSA) is 144 Å². The number of fused-ring (bicyclic) bond motifs is 5. The monoisotopic (exact) mass is 529 g/mol. The summed E-state index contributed by atoms with van der Waals surface area (Å²) >= 11 is 0. The maximum absolute atomic E-state index is 12.4. The molecule has 4 aliphatic carbocycles. The van der Waals surface area contributed by atoms with Crippen molar-refractivity contribution in [2.24, 2.45) is 46.3 Å². The molecule has 0 spiro atoms. The van der Waals surface area contributed by atoms with E-state index in [1.807, 2.05) is 0 Å². The molecule has 208 valence electrons. The molecule has 0 saturated heterocycles. The van der Waals surface area contributed by atoms with Gasteiger partial charge in [0.05, 0.1) is 24.1 Å². The predicted octanol–water partition coefficient (Wildman–Crippen LogP) is 2.76. The van der Waals surface area contributed by atoms with Gasteiger partial charge in [0.15, 0.2) is 0 Å². The lowest BCUT2D eigenvalue weighted by molar-refractivity contribution is -0.223. The second-order valence-corrected chi connectivity index (χ2v) is 14.8. The van der Waals surface area contributed by atoms with E-state index in [2.05, 4.69) is 26.1 Å². The number of rotatable bonds is 7. The number of aliphatic hydroxyl groups excluding tert-OH is 3. The second kappa shape index (κ2) is 10.1. The highest BCUT2D eigenvalue weighted by Crippen LogP contribution is 2.68. The highest BCUT2D eigenvalue weighted by molar-refractivity contribution is 7.85. The summed E-state index contributed by atoms with van der Waals surface area (Å²) < 4.78 is 31.1.